The number of hydrogen-bond donors (Lipinski definition) is 2. The Morgan fingerprint density at radius 3 is 3.33 bits per heavy atom. The first-order valence-electron chi connectivity index (χ1n) is 4.11. The van der Waals surface area contributed by atoms with E-state index in [0.29, 0.717) is 0 Å². The summed E-state index contributed by atoms with van der Waals surface area (Å²) in [6.45, 7) is 3.06. The summed E-state index contributed by atoms with van der Waals surface area (Å²) in [5.41, 5.74) is 2.31. The smallest absolute Gasteiger partial charge is 0.0649 e. The molecule has 1 fully saturated rings. The highest BCUT2D eigenvalue weighted by atomic mass is 32.1. The number of thiol groups is 1. The predicted octanol–water partition coefficient (Wildman–Crippen LogP) is 1.52. The van der Waals surface area contributed by atoms with Crippen LogP contribution in [0.15, 0.2) is 29.0 Å². The molecule has 3 heteroatoms. The molecule has 1 unspecified atom stereocenters. The third-order valence-electron chi connectivity index (χ3n) is 2.07. The van der Waals surface area contributed by atoms with E-state index in [1.165, 1.54) is 0 Å². The largest absolute Gasteiger partial charge is 0.383 e. The van der Waals surface area contributed by atoms with Gasteiger partial charge in [0.15, 0.2) is 0 Å². The van der Waals surface area contributed by atoms with Gasteiger partial charge in [0, 0.05) is 19.2 Å². The fourth-order valence-corrected chi connectivity index (χ4v) is 1.63. The molecule has 0 aromatic carbocycles. The predicted molar refractivity (Wildman–Crippen MR) is 54.7 cm³/mol. The topological polar surface area (TPSA) is 24.4 Å². The molecule has 0 radical (unpaired) electrons. The zero-order valence-corrected chi connectivity index (χ0v) is 7.94. The van der Waals surface area contributed by atoms with Gasteiger partial charge in [-0.1, -0.05) is 0 Å². The van der Waals surface area contributed by atoms with Crippen LogP contribution in [0.25, 0.3) is 0 Å². The Bertz CT molecular complexity index is 287. The van der Waals surface area contributed by atoms with Crippen molar-refractivity contribution in [1.29, 1.82) is 0 Å². The Morgan fingerprint density at radius 2 is 2.50 bits per heavy atom. The molecule has 64 valence electrons. The summed E-state index contributed by atoms with van der Waals surface area (Å²) < 4.78 is -0.169. The maximum Gasteiger partial charge on any atom is 0.0649 e. The first kappa shape index (κ1) is 7.92. The molecule has 2 rings (SSSR count). The van der Waals surface area contributed by atoms with Crippen molar-refractivity contribution in [1.82, 2.24) is 5.32 Å². The summed E-state index contributed by atoms with van der Waals surface area (Å²) in [6.07, 6.45) is 6.99. The van der Waals surface area contributed by atoms with E-state index in [1.54, 1.807) is 0 Å². The van der Waals surface area contributed by atoms with Gasteiger partial charge in [-0.15, -0.1) is 0 Å². The van der Waals surface area contributed by atoms with Gasteiger partial charge in [0.2, 0.25) is 0 Å². The highest BCUT2D eigenvalue weighted by Gasteiger charge is 2.21. The summed E-state index contributed by atoms with van der Waals surface area (Å²) in [5, 5.41) is 3.30. The van der Waals surface area contributed by atoms with Crippen molar-refractivity contribution in [2.75, 3.05) is 6.54 Å². The van der Waals surface area contributed by atoms with Crippen LogP contribution in [0.3, 0.4) is 0 Å². The van der Waals surface area contributed by atoms with Gasteiger partial charge in [-0.25, -0.2) is 0 Å². The van der Waals surface area contributed by atoms with E-state index in [-0.39, 0.29) is 4.75 Å². The lowest BCUT2D eigenvalue weighted by Gasteiger charge is -2.12. The van der Waals surface area contributed by atoms with E-state index >= 15 is 0 Å². The van der Waals surface area contributed by atoms with E-state index in [4.69, 9.17) is 0 Å². The van der Waals surface area contributed by atoms with Crippen molar-refractivity contribution < 1.29 is 0 Å². The molecule has 1 N–H and O–H groups in total. The molecule has 1 saturated heterocycles. The van der Waals surface area contributed by atoms with Crippen LogP contribution >= 0.6 is 12.6 Å². The van der Waals surface area contributed by atoms with Gasteiger partial charge >= 0.3 is 0 Å². The number of aliphatic imine (C=N–C) groups is 1. The second-order valence-corrected chi connectivity index (χ2v) is 4.32. The number of fused-ring (bicyclic) bond motifs is 1. The molecule has 0 spiro atoms. The quantitative estimate of drug-likeness (QED) is 0.543. The van der Waals surface area contributed by atoms with Crippen LogP contribution in [0, 0.1) is 0 Å². The van der Waals surface area contributed by atoms with Crippen LogP contribution in [-0.4, -0.2) is 17.0 Å². The zero-order valence-electron chi connectivity index (χ0n) is 7.04. The summed E-state index contributed by atoms with van der Waals surface area (Å²) in [5.74, 6) is 0. The second-order valence-electron chi connectivity index (χ2n) is 3.35. The van der Waals surface area contributed by atoms with E-state index in [0.717, 1.165) is 24.4 Å². The molecule has 2 aliphatic rings. The van der Waals surface area contributed by atoms with Crippen molar-refractivity contribution in [3.05, 3.63) is 24.0 Å². The van der Waals surface area contributed by atoms with Crippen molar-refractivity contribution in [2.24, 2.45) is 4.99 Å². The fourth-order valence-electron chi connectivity index (χ4n) is 1.44. The van der Waals surface area contributed by atoms with Crippen LogP contribution < -0.4 is 5.32 Å². The molecule has 0 bridgehead atoms. The van der Waals surface area contributed by atoms with Crippen molar-refractivity contribution in [3.63, 3.8) is 0 Å². The normalized spacial score (nSPS) is 33.2. The fraction of sp³-hybridized carbons (Fsp3) is 0.444. The Kier molecular flexibility index (Phi) is 1.76. The van der Waals surface area contributed by atoms with Crippen molar-refractivity contribution >= 4 is 18.3 Å². The lowest BCUT2D eigenvalue weighted by atomic mass is 10.1. The molecule has 2 heterocycles. The molecule has 0 aromatic rings. The van der Waals surface area contributed by atoms with Crippen LogP contribution in [0.2, 0.25) is 0 Å². The van der Waals surface area contributed by atoms with E-state index in [1.807, 2.05) is 12.3 Å². The number of rotatable bonds is 0. The second kappa shape index (κ2) is 2.66. The SMILES string of the molecule is CC1(S)C=CN=C2CCNC2=C1. The van der Waals surface area contributed by atoms with Crippen LogP contribution in [0.5, 0.6) is 0 Å². The highest BCUT2D eigenvalue weighted by molar-refractivity contribution is 7.82. The lowest BCUT2D eigenvalue weighted by molar-refractivity contribution is 0.896. The first-order chi connectivity index (χ1) is 5.67. The molecule has 1 atom stereocenters. The van der Waals surface area contributed by atoms with Crippen LogP contribution in [0.1, 0.15) is 13.3 Å². The van der Waals surface area contributed by atoms with Gasteiger partial charge in [-0.2, -0.15) is 12.6 Å². The van der Waals surface area contributed by atoms with Gasteiger partial charge in [-0.3, -0.25) is 4.99 Å². The Balaban J connectivity index is 2.40. The minimum atomic E-state index is -0.169. The third-order valence-corrected chi connectivity index (χ3v) is 2.35. The standard InChI is InChI=1S/C9H12N2S/c1-9(12)3-5-11-7-2-4-10-8(7)6-9/h3,5-6,10,12H,2,4H2,1H3. The number of nitrogens with one attached hydrogen (secondary N) is 1. The highest BCUT2D eigenvalue weighted by Crippen LogP contribution is 2.23. The van der Waals surface area contributed by atoms with Gasteiger partial charge in [-0.05, 0) is 19.1 Å². The zero-order chi connectivity index (χ0) is 8.60. The molecule has 2 nitrogen and oxygen atoms in total. The summed E-state index contributed by atoms with van der Waals surface area (Å²) in [4.78, 5) is 4.34. The third kappa shape index (κ3) is 1.41. The Hall–Kier alpha value is -0.700. The van der Waals surface area contributed by atoms with E-state index in [2.05, 4.69) is 35.9 Å². The average molecular weight is 180 g/mol. The minimum absolute atomic E-state index is 0.169. The maximum atomic E-state index is 4.49. The molecule has 0 aromatic heterocycles. The summed E-state index contributed by atoms with van der Waals surface area (Å²) in [7, 11) is 0. The van der Waals surface area contributed by atoms with Gasteiger partial charge in [0.25, 0.3) is 0 Å². The molecule has 0 saturated carbocycles. The number of hydrogen-bond acceptors (Lipinski definition) is 3. The molecular formula is C9H12N2S. The molecule has 12 heavy (non-hydrogen) atoms. The average Bonchev–Trinajstić information content (AvgIpc) is 2.31. The monoisotopic (exact) mass is 180 g/mol. The van der Waals surface area contributed by atoms with Gasteiger partial charge in [0.05, 0.1) is 16.2 Å². The Morgan fingerprint density at radius 1 is 1.67 bits per heavy atom. The molecular weight excluding hydrogens is 168 g/mol. The molecule has 0 amide bonds. The van der Waals surface area contributed by atoms with E-state index < -0.39 is 0 Å². The van der Waals surface area contributed by atoms with E-state index in [9.17, 15) is 0 Å². The summed E-state index contributed by atoms with van der Waals surface area (Å²) in [6, 6.07) is 0. The summed E-state index contributed by atoms with van der Waals surface area (Å²) >= 11 is 4.49. The minimum Gasteiger partial charge on any atom is -0.383 e. The van der Waals surface area contributed by atoms with Crippen molar-refractivity contribution in [2.45, 2.75) is 18.1 Å². The Labute approximate surface area is 77.9 Å². The number of allylic oxidation sites excluding steroid dienone is 1. The lowest BCUT2D eigenvalue weighted by Crippen LogP contribution is -2.14. The first-order valence-corrected chi connectivity index (χ1v) is 4.56. The van der Waals surface area contributed by atoms with Crippen LogP contribution in [0.4, 0.5) is 0 Å². The molecule has 2 aliphatic heterocycles. The van der Waals surface area contributed by atoms with Gasteiger partial charge in [0.1, 0.15) is 0 Å². The maximum absolute atomic E-state index is 4.49. The van der Waals surface area contributed by atoms with Crippen LogP contribution in [-0.2, 0) is 0 Å². The van der Waals surface area contributed by atoms with Crippen molar-refractivity contribution in [3.8, 4) is 0 Å². The van der Waals surface area contributed by atoms with Gasteiger partial charge < -0.3 is 5.32 Å². The number of nitrogens with zero attached hydrogens (tertiary/aromatic N) is 1. The molecule has 0 aliphatic carbocycles.